The SMILES string of the molecule is CC1(O)CCC(CBr)CC1.CC1(O)CCC(CO)CC1.CC1(O)CCC(CS(=O)(=O)c2ccc(-c3ccc(C#N)cc3F)cc2)CC1.CC1(O)CCC(CS(=O)(=O)c2ccc(B3OC(C)(C)C(C)(C)O3)cc2)CC1.CC1(O)CCC(CS(=O)(=O)c2ccc(Br)cc2)CC1.CC1(O)CCC(CSc2ccc(Br)cc2)CC1.CC12CCC(CC1)C(=O)O2.CCOC(=O)C1CCC(=O)CC1.N#Cc1ccc(Br)c(F)c1.Sc1ccc(Br)cc1. The predicted octanol–water partition coefficient (Wildman–Crippen LogP) is 25.7. The summed E-state index contributed by atoms with van der Waals surface area (Å²) in [5.41, 5.74) is -1.83. The van der Waals surface area contributed by atoms with Gasteiger partial charge in [0.15, 0.2) is 29.5 Å². The summed E-state index contributed by atoms with van der Waals surface area (Å²) >= 11 is 22.5. The Hall–Kier alpha value is -5.36. The molecular formula is C115H156BBr5F2N2O20S5. The number of esters is 2. The van der Waals surface area contributed by atoms with Gasteiger partial charge in [0, 0.05) is 59.3 Å². The van der Waals surface area contributed by atoms with Gasteiger partial charge in [-0.05, 0) is 466 Å². The zero-order valence-corrected chi connectivity index (χ0v) is 101. The van der Waals surface area contributed by atoms with Crippen molar-refractivity contribution in [3.63, 3.8) is 0 Å². The molecule has 7 N–H and O–H groups in total. The second-order valence-corrected chi connectivity index (χ2v) is 56.9. The minimum atomic E-state index is -3.44. The summed E-state index contributed by atoms with van der Waals surface area (Å²) in [5.74, 6) is 3.37. The Morgan fingerprint density at radius 2 is 0.793 bits per heavy atom. The van der Waals surface area contributed by atoms with Crippen LogP contribution in [0.1, 0.15) is 300 Å². The van der Waals surface area contributed by atoms with Crippen molar-refractivity contribution in [1.29, 1.82) is 10.5 Å². The lowest BCUT2D eigenvalue weighted by atomic mass is 9.77. The van der Waals surface area contributed by atoms with E-state index in [-0.39, 0.29) is 92.8 Å². The van der Waals surface area contributed by atoms with E-state index in [1.165, 1.54) is 59.9 Å². The van der Waals surface area contributed by atoms with Crippen molar-refractivity contribution in [2.45, 2.75) is 363 Å². The van der Waals surface area contributed by atoms with Crippen molar-refractivity contribution in [3.05, 3.63) is 198 Å². The first-order valence-electron chi connectivity index (χ1n) is 52.4. The fraction of sp³-hybridized carbons (Fsp3) is 0.591. The van der Waals surface area contributed by atoms with Gasteiger partial charge in [-0.1, -0.05) is 94.1 Å². The molecule has 7 aromatic rings. The molecule has 3 aliphatic heterocycles. The number of hydrogen-bond donors (Lipinski definition) is 8. The standard InChI is InChI=1S/C21H22FNO3S.C20H31BO5S.C14H19BrO3S.C14H19BrOS.C9H14O3.C8H15BrO.C8H12O2.C8H16O2.C7H3BrFN.C6H5BrS/c1-21(24)10-8-15(9-11-21)14-27(25,26)18-5-3-17(4-6-18)19-7-2-16(13-23)12-20(19)22;1-18(2)19(3,4)26-21(25-18)16-6-8-17(9-7-16)27(23,24)14-15-10-12-20(5,22)13-11-15;1-14(16)8-6-11(7-9-14)10-19(17,18)13-4-2-12(15)3-5-13;1-14(16)8-6-11(7-9-14)10-17-13-4-2-12(15)3-5-13;1-2-12-9(11)7-3-5-8(10)6-4-7;1-8(10)4-2-7(6-9)3-5-8;1-8-4-2-6(3-5-8)7(9)10-8;1-8(10)4-2-7(6-9)3-5-8;8-6-2-1-5(4-10)3-7(6)9;7-5-1-3-6(8)4-2-5/h2-7,12,15,24H,8-11,14H2,1H3;6-9,15,22H,10-14H2,1-5H3;2-5,11,16H,6-10H2,1H3;2-5,11,16H,6-10H2,1H3;7H,2-6H2,1H3;7,10H,2-6H2,1H3;6H,2-5H2,1H3;7,9-10H,2-6H2,1H3;1-3H;1-4,8H. The van der Waals surface area contributed by atoms with Gasteiger partial charge in [0.05, 0.1) is 123 Å². The number of aliphatic hydroxyl groups excluding tert-OH is 1. The van der Waals surface area contributed by atoms with E-state index < -0.39 is 87.5 Å². The molecule has 35 heteroatoms. The number of Topliss-reactive ketones (excluding diaryl/α,β-unsaturated/α-hetero) is 1. The van der Waals surface area contributed by atoms with E-state index in [2.05, 4.69) is 117 Å². The zero-order chi connectivity index (χ0) is 111. The normalized spacial score (nSPS) is 27.7. The summed E-state index contributed by atoms with van der Waals surface area (Å²) in [6, 6.07) is 48.3. The summed E-state index contributed by atoms with van der Waals surface area (Å²) in [6.07, 6.45) is 27.3. The number of carbonyl (C=O) groups is 3. The predicted molar refractivity (Wildman–Crippen MR) is 611 cm³/mol. The Labute approximate surface area is 942 Å². The fourth-order valence-corrected chi connectivity index (χ4v) is 27.2. The number of carbonyl (C=O) groups excluding carboxylic acids is 3. The number of thioether (sulfide) groups is 1. The lowest BCUT2D eigenvalue weighted by molar-refractivity contribution is -0.184. The molecule has 0 atom stereocenters. The van der Waals surface area contributed by atoms with Crippen molar-refractivity contribution in [2.24, 2.45) is 47.3 Å². The van der Waals surface area contributed by atoms with E-state index in [4.69, 9.17) is 34.4 Å². The molecule has 0 aromatic heterocycles. The molecule has 0 spiro atoms. The second-order valence-electron chi connectivity index (χ2n) is 45.0. The quantitative estimate of drug-likeness (QED) is 0.0130. The summed E-state index contributed by atoms with van der Waals surface area (Å²) in [6.45, 7) is 23.8. The van der Waals surface area contributed by atoms with Crippen LogP contribution in [0.3, 0.4) is 0 Å². The molecular weight excluding hydrogens is 2340 g/mol. The number of hydrogen-bond acceptors (Lipinski definition) is 24. The van der Waals surface area contributed by atoms with Crippen molar-refractivity contribution in [3.8, 4) is 23.3 Å². The highest BCUT2D eigenvalue weighted by atomic mass is 79.9. The first kappa shape index (κ1) is 130. The monoisotopic (exact) mass is 2490 g/mol. The maximum Gasteiger partial charge on any atom is 0.494 e. The molecule has 0 amide bonds. The van der Waals surface area contributed by atoms with E-state index >= 15 is 0 Å². The van der Waals surface area contributed by atoms with Gasteiger partial charge in [-0.2, -0.15) is 10.5 Å². The minimum Gasteiger partial charge on any atom is -0.466 e. The number of fused-ring (bicyclic) bond motifs is 3. The van der Waals surface area contributed by atoms with Crippen LogP contribution < -0.4 is 5.46 Å². The van der Waals surface area contributed by atoms with Gasteiger partial charge in [-0.3, -0.25) is 14.4 Å². The molecule has 3 saturated heterocycles. The van der Waals surface area contributed by atoms with Gasteiger partial charge in [-0.25, -0.2) is 34.0 Å². The maximum absolute atomic E-state index is 14.1. The number of nitriles is 2. The molecule has 22 nitrogen and oxygen atoms in total. The minimum absolute atomic E-state index is 0.0253. The average molecular weight is 2500 g/mol. The average Bonchev–Trinajstić information content (AvgIpc) is 1.65. The van der Waals surface area contributed by atoms with Crippen molar-refractivity contribution >= 4 is 164 Å². The van der Waals surface area contributed by atoms with Crippen LogP contribution in [0.15, 0.2) is 200 Å². The molecule has 18 rings (SSSR count). The number of sulfone groups is 3. The number of ketones is 1. The molecule has 0 radical (unpaired) electrons. The van der Waals surface area contributed by atoms with Gasteiger partial charge in [0.1, 0.15) is 23.0 Å². The maximum atomic E-state index is 14.1. The molecule has 2 bridgehead atoms. The third kappa shape index (κ3) is 44.5. The first-order valence-corrected chi connectivity index (χ1v) is 63.1. The Kier molecular flexibility index (Phi) is 51.0. The van der Waals surface area contributed by atoms with Crippen LogP contribution in [0, 0.1) is 81.6 Å². The van der Waals surface area contributed by atoms with Crippen LogP contribution in [-0.2, 0) is 62.7 Å². The number of alkyl halides is 1. The zero-order valence-electron chi connectivity index (χ0n) is 88.8. The summed E-state index contributed by atoms with van der Waals surface area (Å²) < 4.78 is 128. The molecule has 3 heterocycles. The number of thiol groups is 1. The molecule has 7 aromatic carbocycles. The van der Waals surface area contributed by atoms with Gasteiger partial charge in [-0.15, -0.1) is 24.4 Å². The Morgan fingerprint density at radius 3 is 1.13 bits per heavy atom. The Bertz CT molecular complexity index is 5770. The summed E-state index contributed by atoms with van der Waals surface area (Å²) in [7, 11) is -10.5. The summed E-state index contributed by atoms with van der Waals surface area (Å²) in [4.78, 5) is 36.3. The number of ether oxygens (including phenoxy) is 2. The third-order valence-electron chi connectivity index (χ3n) is 30.6. The van der Waals surface area contributed by atoms with Crippen molar-refractivity contribution in [1.82, 2.24) is 0 Å². The molecule has 11 fully saturated rings. The highest BCUT2D eigenvalue weighted by Crippen LogP contribution is 2.45. The van der Waals surface area contributed by atoms with Crippen molar-refractivity contribution in [2.75, 3.05) is 41.6 Å². The number of aliphatic hydroxyl groups is 7. The van der Waals surface area contributed by atoms with Crippen LogP contribution >= 0.6 is 104 Å². The van der Waals surface area contributed by atoms with E-state index in [1.54, 1.807) is 80.6 Å². The van der Waals surface area contributed by atoms with Crippen LogP contribution in [0.4, 0.5) is 8.78 Å². The van der Waals surface area contributed by atoms with E-state index in [1.807, 2.05) is 117 Å². The third-order valence-corrected chi connectivity index (χ3v) is 40.9. The fourth-order valence-electron chi connectivity index (χ4n) is 19.2. The molecule has 150 heavy (non-hydrogen) atoms. The molecule has 828 valence electrons. The second kappa shape index (κ2) is 59.0. The number of halogens is 7. The van der Waals surface area contributed by atoms with Gasteiger partial charge in [0.25, 0.3) is 0 Å². The summed E-state index contributed by atoms with van der Waals surface area (Å²) in [5, 5.41) is 85.9. The highest BCUT2D eigenvalue weighted by molar-refractivity contribution is 9.11. The van der Waals surface area contributed by atoms with Gasteiger partial charge in [0.2, 0.25) is 0 Å². The van der Waals surface area contributed by atoms with Crippen LogP contribution in [0.5, 0.6) is 0 Å². The van der Waals surface area contributed by atoms with Gasteiger partial charge < -0.3 is 54.5 Å². The van der Waals surface area contributed by atoms with Crippen LogP contribution in [0.25, 0.3) is 11.1 Å². The topological polar surface area (TPSA) is 380 Å². The number of benzene rings is 7. The molecule has 11 aliphatic rings. The molecule has 8 saturated carbocycles. The Balaban J connectivity index is 0.000000209. The van der Waals surface area contributed by atoms with Crippen LogP contribution in [0.2, 0.25) is 0 Å². The number of nitrogens with zero attached hydrogens (tertiary/aromatic N) is 2. The van der Waals surface area contributed by atoms with Crippen LogP contribution in [-0.4, -0.2) is 178 Å². The van der Waals surface area contributed by atoms with Crippen molar-refractivity contribution < 1.29 is 103 Å². The smallest absolute Gasteiger partial charge is 0.466 e. The van der Waals surface area contributed by atoms with Gasteiger partial charge >= 0.3 is 19.1 Å². The Morgan fingerprint density at radius 1 is 0.453 bits per heavy atom. The number of rotatable bonds is 18. The van der Waals surface area contributed by atoms with E-state index in [0.29, 0.717) is 121 Å². The highest BCUT2D eigenvalue weighted by Gasteiger charge is 2.52. The molecule has 0 unspecified atom stereocenters. The molecule has 8 aliphatic carbocycles. The lowest BCUT2D eigenvalue weighted by Gasteiger charge is -2.42. The first-order chi connectivity index (χ1) is 70.1. The van der Waals surface area contributed by atoms with E-state index in [0.717, 1.165) is 163 Å². The van der Waals surface area contributed by atoms with E-state index in [9.17, 15) is 79.1 Å². The largest absolute Gasteiger partial charge is 0.494 e. The lowest BCUT2D eigenvalue weighted by Crippen LogP contribution is -2.45.